The predicted molar refractivity (Wildman–Crippen MR) is 97.6 cm³/mol. The molecule has 2 aliphatic carbocycles. The van der Waals surface area contributed by atoms with Crippen LogP contribution in [0.15, 0.2) is 0 Å². The second-order valence-corrected chi connectivity index (χ2v) is 7.19. The summed E-state index contributed by atoms with van der Waals surface area (Å²) in [5, 5.41) is 3.25. The Balaban J connectivity index is 1.91. The summed E-state index contributed by atoms with van der Waals surface area (Å²) in [6, 6.07) is 1.20. The first-order valence-corrected chi connectivity index (χ1v) is 9.69. The van der Waals surface area contributed by atoms with Gasteiger partial charge < -0.3 is 10.2 Å². The molecule has 128 valence electrons. The van der Waals surface area contributed by atoms with Gasteiger partial charge in [0.2, 0.25) is 16.7 Å². The molecule has 6 heteroatoms. The van der Waals surface area contributed by atoms with Crippen LogP contribution < -0.4 is 10.2 Å². The highest BCUT2D eigenvalue weighted by molar-refractivity contribution is 7.71. The van der Waals surface area contributed by atoms with E-state index < -0.39 is 0 Å². The second-order valence-electron chi connectivity index (χ2n) is 6.82. The fraction of sp³-hybridized carbons (Fsp3) is 0.824. The number of nitrogens with zero attached hydrogens (tertiary/aromatic N) is 3. The number of nitrogens with one attached hydrogen (secondary N) is 2. The van der Waals surface area contributed by atoms with Crippen LogP contribution in [-0.2, 0) is 0 Å². The molecule has 1 aromatic heterocycles. The number of aromatic nitrogens is 3. The highest BCUT2D eigenvalue weighted by Crippen LogP contribution is 2.32. The van der Waals surface area contributed by atoms with Crippen molar-refractivity contribution in [2.75, 3.05) is 16.8 Å². The largest absolute Gasteiger partial charge is 0.356 e. The Morgan fingerprint density at radius 1 is 1.00 bits per heavy atom. The van der Waals surface area contributed by atoms with Gasteiger partial charge in [-0.15, -0.1) is 0 Å². The van der Waals surface area contributed by atoms with Crippen LogP contribution in [0.2, 0.25) is 0 Å². The van der Waals surface area contributed by atoms with Gasteiger partial charge in [0.1, 0.15) is 0 Å². The Labute approximate surface area is 144 Å². The van der Waals surface area contributed by atoms with Crippen LogP contribution in [0, 0.1) is 4.77 Å². The topological polar surface area (TPSA) is 56.8 Å². The summed E-state index contributed by atoms with van der Waals surface area (Å²) in [6.07, 6.45) is 13.2. The molecule has 3 rings (SSSR count). The minimum Gasteiger partial charge on any atom is -0.356 e. The average Bonchev–Trinajstić information content (AvgIpc) is 2.57. The molecule has 2 saturated carbocycles. The zero-order valence-electron chi connectivity index (χ0n) is 14.2. The molecular formula is C17H29N5S. The predicted octanol–water partition coefficient (Wildman–Crippen LogP) is 4.44. The monoisotopic (exact) mass is 335 g/mol. The van der Waals surface area contributed by atoms with E-state index in [2.05, 4.69) is 32.1 Å². The molecule has 1 aromatic rings. The summed E-state index contributed by atoms with van der Waals surface area (Å²) < 4.78 is 0.436. The van der Waals surface area contributed by atoms with Crippen LogP contribution in [0.1, 0.15) is 71.1 Å². The molecule has 0 amide bonds. The van der Waals surface area contributed by atoms with Gasteiger partial charge in [0.15, 0.2) is 0 Å². The Hall–Kier alpha value is -1.17. The Morgan fingerprint density at radius 2 is 1.57 bits per heavy atom. The van der Waals surface area contributed by atoms with Gasteiger partial charge in [0.25, 0.3) is 0 Å². The van der Waals surface area contributed by atoms with Gasteiger partial charge >= 0.3 is 0 Å². The summed E-state index contributed by atoms with van der Waals surface area (Å²) in [6.45, 7) is 2.90. The molecule has 2 N–H and O–H groups in total. The molecule has 0 saturated heterocycles. The third-order valence-electron chi connectivity index (χ3n) is 5.16. The van der Waals surface area contributed by atoms with E-state index in [0.717, 1.165) is 18.4 Å². The summed E-state index contributed by atoms with van der Waals surface area (Å²) in [5.41, 5.74) is 0. The molecule has 0 radical (unpaired) electrons. The first-order chi connectivity index (χ1) is 11.3. The average molecular weight is 336 g/mol. The van der Waals surface area contributed by atoms with Gasteiger partial charge in [-0.25, -0.2) is 0 Å². The van der Waals surface area contributed by atoms with Crippen molar-refractivity contribution in [2.24, 2.45) is 0 Å². The first-order valence-electron chi connectivity index (χ1n) is 9.28. The van der Waals surface area contributed by atoms with E-state index in [1.165, 1.54) is 64.2 Å². The van der Waals surface area contributed by atoms with Gasteiger partial charge in [-0.3, -0.25) is 4.98 Å². The Kier molecular flexibility index (Phi) is 5.86. The second kappa shape index (κ2) is 8.08. The van der Waals surface area contributed by atoms with Gasteiger partial charge in [0, 0.05) is 18.6 Å². The standard InChI is InChI=1S/C17H29N5S/c1-2-18-15-19-16(21-17(23)20-15)22(13-9-5-3-6-10-13)14-11-7-4-8-12-14/h13-14H,2-12H2,1H3,(H2,18,19,20,21,23). The van der Waals surface area contributed by atoms with Crippen molar-refractivity contribution >= 4 is 24.1 Å². The van der Waals surface area contributed by atoms with Gasteiger partial charge in [-0.2, -0.15) is 9.97 Å². The van der Waals surface area contributed by atoms with Crippen LogP contribution in [0.4, 0.5) is 11.9 Å². The number of hydrogen-bond acceptors (Lipinski definition) is 5. The van der Waals surface area contributed by atoms with Crippen LogP contribution in [0.3, 0.4) is 0 Å². The van der Waals surface area contributed by atoms with E-state index in [4.69, 9.17) is 12.2 Å². The Bertz CT molecular complexity index is 528. The quantitative estimate of drug-likeness (QED) is 0.779. The van der Waals surface area contributed by atoms with Crippen LogP contribution in [0.5, 0.6) is 0 Å². The zero-order valence-corrected chi connectivity index (χ0v) is 15.0. The fourth-order valence-corrected chi connectivity index (χ4v) is 4.29. The van der Waals surface area contributed by atoms with Crippen molar-refractivity contribution in [3.05, 3.63) is 4.77 Å². The molecule has 0 spiro atoms. The highest BCUT2D eigenvalue weighted by Gasteiger charge is 2.30. The lowest BCUT2D eigenvalue weighted by Gasteiger charge is -2.42. The number of rotatable bonds is 5. The lowest BCUT2D eigenvalue weighted by atomic mass is 9.89. The van der Waals surface area contributed by atoms with Crippen molar-refractivity contribution in [2.45, 2.75) is 83.2 Å². The number of anilines is 2. The lowest BCUT2D eigenvalue weighted by molar-refractivity contribution is 0.335. The molecule has 2 fully saturated rings. The van der Waals surface area contributed by atoms with Crippen LogP contribution >= 0.6 is 12.2 Å². The molecule has 2 aliphatic rings. The first kappa shape index (κ1) is 16.7. The normalized spacial score (nSPS) is 20.4. The minimum atomic E-state index is 0.436. The van der Waals surface area contributed by atoms with Crippen molar-refractivity contribution in [1.82, 2.24) is 15.0 Å². The van der Waals surface area contributed by atoms with Crippen molar-refractivity contribution in [3.8, 4) is 0 Å². The van der Waals surface area contributed by atoms with Gasteiger partial charge in [-0.05, 0) is 44.8 Å². The van der Waals surface area contributed by atoms with E-state index in [1.54, 1.807) is 0 Å². The minimum absolute atomic E-state index is 0.436. The SMILES string of the molecule is CCNc1nc(=S)nc(N(C2CCCCC2)C2CCCCC2)[nH]1. The third-order valence-corrected chi connectivity index (χ3v) is 5.35. The maximum atomic E-state index is 5.31. The fourth-order valence-electron chi connectivity index (χ4n) is 4.11. The maximum Gasteiger partial charge on any atom is 0.225 e. The van der Waals surface area contributed by atoms with E-state index in [1.807, 2.05) is 0 Å². The summed E-state index contributed by atoms with van der Waals surface area (Å²) >= 11 is 5.31. The lowest BCUT2D eigenvalue weighted by Crippen LogP contribution is -2.46. The van der Waals surface area contributed by atoms with Crippen LogP contribution in [0.25, 0.3) is 0 Å². The molecule has 0 unspecified atom stereocenters. The van der Waals surface area contributed by atoms with Gasteiger partial charge in [-0.1, -0.05) is 38.5 Å². The molecule has 0 aromatic carbocycles. The zero-order chi connectivity index (χ0) is 16.1. The smallest absolute Gasteiger partial charge is 0.225 e. The number of H-pyrrole nitrogens is 1. The molecule has 0 aliphatic heterocycles. The van der Waals surface area contributed by atoms with Crippen molar-refractivity contribution < 1.29 is 0 Å². The van der Waals surface area contributed by atoms with Crippen molar-refractivity contribution in [1.29, 1.82) is 0 Å². The van der Waals surface area contributed by atoms with Gasteiger partial charge in [0.05, 0.1) is 0 Å². The molecule has 0 atom stereocenters. The summed E-state index contributed by atoms with van der Waals surface area (Å²) in [5.74, 6) is 1.68. The number of hydrogen-bond donors (Lipinski definition) is 2. The van der Waals surface area contributed by atoms with Crippen LogP contribution in [-0.4, -0.2) is 33.6 Å². The number of aromatic amines is 1. The highest BCUT2D eigenvalue weighted by atomic mass is 32.1. The van der Waals surface area contributed by atoms with E-state index >= 15 is 0 Å². The molecule has 1 heterocycles. The van der Waals surface area contributed by atoms with E-state index in [-0.39, 0.29) is 0 Å². The maximum absolute atomic E-state index is 5.31. The molecule has 0 bridgehead atoms. The summed E-state index contributed by atoms with van der Waals surface area (Å²) in [7, 11) is 0. The van der Waals surface area contributed by atoms with E-state index in [9.17, 15) is 0 Å². The van der Waals surface area contributed by atoms with E-state index in [0.29, 0.717) is 16.9 Å². The molecule has 5 nitrogen and oxygen atoms in total. The molecule has 23 heavy (non-hydrogen) atoms. The third kappa shape index (κ3) is 4.22. The Morgan fingerprint density at radius 3 is 2.09 bits per heavy atom. The molecular weight excluding hydrogens is 306 g/mol. The summed E-state index contributed by atoms with van der Waals surface area (Å²) in [4.78, 5) is 14.9. The van der Waals surface area contributed by atoms with Crippen molar-refractivity contribution in [3.63, 3.8) is 0 Å².